The van der Waals surface area contributed by atoms with Crippen LogP contribution in [0.3, 0.4) is 0 Å². The number of aliphatic imine (C=N–C) groups is 1. The zero-order valence-electron chi connectivity index (χ0n) is 12.4. The molecule has 1 saturated heterocycles. The molecule has 1 heterocycles. The lowest BCUT2D eigenvalue weighted by Crippen LogP contribution is -2.41. The highest BCUT2D eigenvalue weighted by atomic mass is 32.2. The van der Waals surface area contributed by atoms with Crippen LogP contribution in [0.5, 0.6) is 0 Å². The van der Waals surface area contributed by atoms with Crippen LogP contribution in [0.2, 0.25) is 0 Å². The summed E-state index contributed by atoms with van der Waals surface area (Å²) >= 11 is 0. The van der Waals surface area contributed by atoms with Crippen LogP contribution in [0.15, 0.2) is 9.39 Å². The summed E-state index contributed by atoms with van der Waals surface area (Å²) in [6.07, 6.45) is 4.01. The topological polar surface area (TPSA) is 80.6 Å². The lowest BCUT2D eigenvalue weighted by Gasteiger charge is -2.28. The first kappa shape index (κ1) is 16.6. The van der Waals surface area contributed by atoms with Gasteiger partial charge in [0.2, 0.25) is 0 Å². The van der Waals surface area contributed by atoms with E-state index in [9.17, 15) is 8.42 Å². The van der Waals surface area contributed by atoms with E-state index in [1.807, 2.05) is 0 Å². The van der Waals surface area contributed by atoms with E-state index in [-0.39, 0.29) is 6.10 Å². The lowest BCUT2D eigenvalue weighted by molar-refractivity contribution is -0.0209. The van der Waals surface area contributed by atoms with E-state index in [0.717, 1.165) is 45.2 Å². The second-order valence-corrected chi connectivity index (χ2v) is 6.55. The number of hydrogen-bond donors (Lipinski definition) is 0. The number of hydrogen-bond acceptors (Lipinski definition) is 6. The van der Waals surface area contributed by atoms with Crippen LogP contribution in [0.1, 0.15) is 39.0 Å². The van der Waals surface area contributed by atoms with Gasteiger partial charge in [0, 0.05) is 13.1 Å². The van der Waals surface area contributed by atoms with Crippen LogP contribution < -0.4 is 0 Å². The smallest absolute Gasteiger partial charge is 0.353 e. The average Bonchev–Trinajstić information content (AvgIpc) is 2.48. The Kier molecular flexibility index (Phi) is 6.32. The van der Waals surface area contributed by atoms with Crippen LogP contribution in [-0.4, -0.2) is 57.9 Å². The van der Waals surface area contributed by atoms with Crippen molar-refractivity contribution in [2.45, 2.75) is 51.4 Å². The molecule has 8 heteroatoms. The molecule has 0 aromatic heterocycles. The van der Waals surface area contributed by atoms with Crippen molar-refractivity contribution in [3.8, 4) is 0 Å². The number of morpholine rings is 1. The Morgan fingerprint density at radius 3 is 2.81 bits per heavy atom. The molecule has 0 bridgehead atoms. The van der Waals surface area contributed by atoms with Gasteiger partial charge < -0.3 is 4.74 Å². The molecule has 1 unspecified atom stereocenters. The van der Waals surface area contributed by atoms with Crippen molar-refractivity contribution in [3.63, 3.8) is 0 Å². The average molecular weight is 317 g/mol. The first-order valence-corrected chi connectivity index (χ1v) is 8.89. The molecule has 2 rings (SSSR count). The molecule has 1 aliphatic heterocycles. The normalized spacial score (nSPS) is 25.3. The Morgan fingerprint density at radius 1 is 1.33 bits per heavy atom. The van der Waals surface area contributed by atoms with Gasteiger partial charge in [-0.2, -0.15) is 13.4 Å². The van der Waals surface area contributed by atoms with Gasteiger partial charge in [0.05, 0.1) is 12.7 Å². The van der Waals surface area contributed by atoms with Crippen molar-refractivity contribution in [2.24, 2.45) is 9.39 Å². The highest BCUT2D eigenvalue weighted by Gasteiger charge is 2.21. The molecule has 1 saturated carbocycles. The Labute approximate surface area is 126 Å². The van der Waals surface area contributed by atoms with E-state index < -0.39 is 16.5 Å². The SMILES string of the molecule is CCN1CCOC(N=C=NS(=O)(=O)OC2CCCCC2)C1. The van der Waals surface area contributed by atoms with Gasteiger partial charge in [0.15, 0.2) is 6.23 Å². The molecule has 2 aliphatic rings. The summed E-state index contributed by atoms with van der Waals surface area (Å²) in [7, 11) is -3.95. The van der Waals surface area contributed by atoms with Gasteiger partial charge >= 0.3 is 10.3 Å². The van der Waals surface area contributed by atoms with Crippen molar-refractivity contribution in [3.05, 3.63) is 0 Å². The molecule has 1 aliphatic carbocycles. The Balaban J connectivity index is 1.87. The maximum Gasteiger partial charge on any atom is 0.390 e. The molecular formula is C13H23N3O4S. The number of likely N-dealkylation sites (N-methyl/N-ethyl adjacent to an activating group) is 1. The third kappa shape index (κ3) is 5.84. The molecule has 1 atom stereocenters. The molecular weight excluding hydrogens is 294 g/mol. The van der Waals surface area contributed by atoms with Gasteiger partial charge in [0.25, 0.3) is 0 Å². The van der Waals surface area contributed by atoms with Crippen molar-refractivity contribution in [2.75, 3.05) is 26.2 Å². The van der Waals surface area contributed by atoms with Crippen molar-refractivity contribution in [1.29, 1.82) is 0 Å². The van der Waals surface area contributed by atoms with Crippen LogP contribution >= 0.6 is 0 Å². The fraction of sp³-hybridized carbons (Fsp3) is 0.923. The summed E-state index contributed by atoms with van der Waals surface area (Å²) in [4.78, 5) is 6.09. The van der Waals surface area contributed by atoms with E-state index >= 15 is 0 Å². The fourth-order valence-electron chi connectivity index (χ4n) is 2.54. The van der Waals surface area contributed by atoms with Crippen molar-refractivity contribution >= 4 is 16.3 Å². The van der Waals surface area contributed by atoms with Gasteiger partial charge in [0.1, 0.15) is 6.01 Å². The predicted octanol–water partition coefficient (Wildman–Crippen LogP) is 1.43. The zero-order valence-corrected chi connectivity index (χ0v) is 13.2. The molecule has 0 aromatic rings. The van der Waals surface area contributed by atoms with Crippen LogP contribution in [0, 0.1) is 0 Å². The molecule has 0 aromatic carbocycles. The summed E-state index contributed by atoms with van der Waals surface area (Å²) in [5, 5.41) is 0. The third-order valence-electron chi connectivity index (χ3n) is 3.74. The van der Waals surface area contributed by atoms with E-state index in [1.165, 1.54) is 0 Å². The zero-order chi connectivity index (χ0) is 15.1. The van der Waals surface area contributed by atoms with Gasteiger partial charge in [-0.1, -0.05) is 30.6 Å². The van der Waals surface area contributed by atoms with Crippen LogP contribution in [-0.2, 0) is 19.2 Å². The standard InChI is InChI=1S/C13H23N3O4S/c1-2-16-8-9-19-13(10-16)14-11-15-21(17,18)20-12-6-4-3-5-7-12/h12-13H,2-10H2,1H3. The molecule has 2 fully saturated rings. The number of nitrogens with zero attached hydrogens (tertiary/aromatic N) is 3. The molecule has 0 N–H and O–H groups in total. The quantitative estimate of drug-likeness (QED) is 0.717. The van der Waals surface area contributed by atoms with Crippen molar-refractivity contribution < 1.29 is 17.3 Å². The van der Waals surface area contributed by atoms with Gasteiger partial charge in [-0.15, -0.1) is 0 Å². The Morgan fingerprint density at radius 2 is 2.10 bits per heavy atom. The van der Waals surface area contributed by atoms with Gasteiger partial charge in [-0.05, 0) is 19.4 Å². The monoisotopic (exact) mass is 317 g/mol. The number of rotatable bonds is 5. The maximum absolute atomic E-state index is 11.7. The Bertz CT molecular complexity index is 482. The third-order valence-corrected chi connectivity index (χ3v) is 4.56. The maximum atomic E-state index is 11.7. The highest BCUT2D eigenvalue weighted by Crippen LogP contribution is 2.22. The van der Waals surface area contributed by atoms with Crippen LogP contribution in [0.4, 0.5) is 0 Å². The molecule has 120 valence electrons. The number of ether oxygens (including phenoxy) is 1. The lowest BCUT2D eigenvalue weighted by atomic mass is 9.98. The first-order valence-electron chi connectivity index (χ1n) is 7.53. The largest absolute Gasteiger partial charge is 0.390 e. The van der Waals surface area contributed by atoms with Crippen LogP contribution in [0.25, 0.3) is 0 Å². The van der Waals surface area contributed by atoms with Gasteiger partial charge in [-0.3, -0.25) is 4.90 Å². The summed E-state index contributed by atoms with van der Waals surface area (Å²) in [5.41, 5.74) is 0. The minimum absolute atomic E-state index is 0.254. The Hall–Kier alpha value is -0.790. The van der Waals surface area contributed by atoms with E-state index in [0.29, 0.717) is 13.2 Å². The fourth-order valence-corrected chi connectivity index (χ4v) is 3.27. The summed E-state index contributed by atoms with van der Waals surface area (Å²) in [6, 6.07) is 2.21. The van der Waals surface area contributed by atoms with Crippen molar-refractivity contribution in [1.82, 2.24) is 4.90 Å². The first-order chi connectivity index (χ1) is 10.1. The minimum Gasteiger partial charge on any atom is -0.353 e. The molecule has 21 heavy (non-hydrogen) atoms. The van der Waals surface area contributed by atoms with E-state index in [1.54, 1.807) is 0 Å². The second-order valence-electron chi connectivity index (χ2n) is 5.32. The highest BCUT2D eigenvalue weighted by molar-refractivity contribution is 7.85. The van der Waals surface area contributed by atoms with E-state index in [4.69, 9.17) is 8.92 Å². The predicted molar refractivity (Wildman–Crippen MR) is 78.6 cm³/mol. The minimum atomic E-state index is -3.95. The summed E-state index contributed by atoms with van der Waals surface area (Å²) in [5.74, 6) is 0. The molecule has 7 nitrogen and oxygen atoms in total. The molecule has 0 amide bonds. The molecule has 0 spiro atoms. The molecule has 0 radical (unpaired) electrons. The van der Waals surface area contributed by atoms with E-state index in [2.05, 4.69) is 27.2 Å². The summed E-state index contributed by atoms with van der Waals surface area (Å²) in [6.45, 7) is 5.04. The summed E-state index contributed by atoms with van der Waals surface area (Å²) < 4.78 is 37.2. The van der Waals surface area contributed by atoms with Gasteiger partial charge in [-0.25, -0.2) is 4.18 Å². The second kappa shape index (κ2) is 8.00.